The maximum atomic E-state index is 12.8. The van der Waals surface area contributed by atoms with Crippen molar-refractivity contribution in [1.82, 2.24) is 4.98 Å². The number of sulfone groups is 1. The van der Waals surface area contributed by atoms with E-state index in [0.717, 1.165) is 19.3 Å². The molecule has 1 aliphatic rings. The summed E-state index contributed by atoms with van der Waals surface area (Å²) in [6, 6.07) is 19.0. The minimum absolute atomic E-state index is 0.0578. The molecular weight excluding hydrogens is 398 g/mol. The molecule has 1 heterocycles. The number of carbonyl (C=O) groups is 1. The topological polar surface area (TPSA) is 73.3 Å². The SMILES string of the molecule is O=C(c1ccccc1)c1ccc(Oc2ccc(S(=O)(=O)C3CCCCC3)cn2)cc1. The van der Waals surface area contributed by atoms with Crippen molar-refractivity contribution < 1.29 is 17.9 Å². The molecule has 0 bridgehead atoms. The van der Waals surface area contributed by atoms with Gasteiger partial charge in [-0.2, -0.15) is 0 Å². The molecule has 0 saturated heterocycles. The summed E-state index contributed by atoms with van der Waals surface area (Å²) >= 11 is 0. The van der Waals surface area contributed by atoms with E-state index in [-0.39, 0.29) is 15.9 Å². The third-order valence-electron chi connectivity index (χ3n) is 5.40. The van der Waals surface area contributed by atoms with E-state index in [9.17, 15) is 13.2 Å². The summed E-state index contributed by atoms with van der Waals surface area (Å²) in [4.78, 5) is 16.9. The van der Waals surface area contributed by atoms with E-state index < -0.39 is 9.84 Å². The van der Waals surface area contributed by atoms with Gasteiger partial charge in [0.15, 0.2) is 15.6 Å². The predicted octanol–water partition coefficient (Wildman–Crippen LogP) is 5.21. The lowest BCUT2D eigenvalue weighted by Gasteiger charge is -2.21. The highest BCUT2D eigenvalue weighted by molar-refractivity contribution is 7.92. The number of benzene rings is 2. The van der Waals surface area contributed by atoms with Gasteiger partial charge in [-0.3, -0.25) is 4.79 Å². The molecule has 0 N–H and O–H groups in total. The second-order valence-corrected chi connectivity index (χ2v) is 9.69. The number of nitrogens with zero attached hydrogens (tertiary/aromatic N) is 1. The fourth-order valence-electron chi connectivity index (χ4n) is 3.71. The Balaban J connectivity index is 1.44. The van der Waals surface area contributed by atoms with Crippen LogP contribution in [-0.2, 0) is 9.84 Å². The van der Waals surface area contributed by atoms with Crippen molar-refractivity contribution in [2.75, 3.05) is 0 Å². The maximum Gasteiger partial charge on any atom is 0.219 e. The minimum Gasteiger partial charge on any atom is -0.439 e. The van der Waals surface area contributed by atoms with Gasteiger partial charge in [0.2, 0.25) is 5.88 Å². The summed E-state index contributed by atoms with van der Waals surface area (Å²) in [6.45, 7) is 0. The molecule has 4 rings (SSSR count). The molecule has 154 valence electrons. The van der Waals surface area contributed by atoms with Gasteiger partial charge >= 0.3 is 0 Å². The van der Waals surface area contributed by atoms with Crippen LogP contribution in [0, 0.1) is 0 Å². The molecule has 30 heavy (non-hydrogen) atoms. The normalized spacial score (nSPS) is 14.9. The van der Waals surface area contributed by atoms with Crippen LogP contribution in [0.5, 0.6) is 11.6 Å². The molecule has 1 aromatic heterocycles. The van der Waals surface area contributed by atoms with Crippen molar-refractivity contribution in [3.05, 3.63) is 84.1 Å². The first-order valence-corrected chi connectivity index (χ1v) is 11.7. The van der Waals surface area contributed by atoms with Crippen LogP contribution < -0.4 is 4.74 Å². The number of ether oxygens (including phenoxy) is 1. The van der Waals surface area contributed by atoms with Crippen LogP contribution in [0.25, 0.3) is 0 Å². The zero-order valence-electron chi connectivity index (χ0n) is 16.5. The van der Waals surface area contributed by atoms with Gasteiger partial charge in [-0.1, -0.05) is 49.6 Å². The third-order valence-corrected chi connectivity index (χ3v) is 7.65. The number of carbonyl (C=O) groups excluding carboxylic acids is 1. The fourth-order valence-corrected chi connectivity index (χ4v) is 5.51. The highest BCUT2D eigenvalue weighted by atomic mass is 32.2. The molecule has 6 heteroatoms. The van der Waals surface area contributed by atoms with E-state index in [4.69, 9.17) is 4.74 Å². The Morgan fingerprint density at radius 2 is 1.50 bits per heavy atom. The number of hydrogen-bond acceptors (Lipinski definition) is 5. The Bertz CT molecular complexity index is 1100. The van der Waals surface area contributed by atoms with Crippen molar-refractivity contribution in [1.29, 1.82) is 0 Å². The van der Waals surface area contributed by atoms with Gasteiger partial charge in [0, 0.05) is 23.4 Å². The van der Waals surface area contributed by atoms with Gasteiger partial charge in [0.05, 0.1) is 10.1 Å². The van der Waals surface area contributed by atoms with Crippen molar-refractivity contribution in [2.45, 2.75) is 42.2 Å². The molecule has 0 amide bonds. The molecular formula is C24H23NO4S. The lowest BCUT2D eigenvalue weighted by Crippen LogP contribution is -2.24. The second kappa shape index (κ2) is 8.79. The number of rotatable bonds is 6. The first kappa shape index (κ1) is 20.3. The molecule has 5 nitrogen and oxygen atoms in total. The van der Waals surface area contributed by atoms with Gasteiger partial charge in [0.1, 0.15) is 5.75 Å². The first-order chi connectivity index (χ1) is 14.5. The van der Waals surface area contributed by atoms with Crippen LogP contribution in [0.3, 0.4) is 0 Å². The fraction of sp³-hybridized carbons (Fsp3) is 0.250. The molecule has 3 aromatic rings. The van der Waals surface area contributed by atoms with Crippen LogP contribution in [0.15, 0.2) is 77.8 Å². The molecule has 0 radical (unpaired) electrons. The Kier molecular flexibility index (Phi) is 5.95. The molecule has 0 unspecified atom stereocenters. The standard InChI is InChI=1S/C24H23NO4S/c26-24(18-7-3-1-4-8-18)19-11-13-20(14-12-19)29-23-16-15-22(17-25-23)30(27,28)21-9-5-2-6-10-21/h1,3-4,7-8,11-17,21H,2,5-6,9-10H2. The Morgan fingerprint density at radius 1 is 0.833 bits per heavy atom. The maximum absolute atomic E-state index is 12.8. The summed E-state index contributed by atoms with van der Waals surface area (Å²) < 4.78 is 31.2. The van der Waals surface area contributed by atoms with Gasteiger partial charge in [0.25, 0.3) is 0 Å². The zero-order valence-corrected chi connectivity index (χ0v) is 17.3. The molecule has 1 aliphatic carbocycles. The van der Waals surface area contributed by atoms with Crippen LogP contribution in [0.4, 0.5) is 0 Å². The molecule has 0 spiro atoms. The van der Waals surface area contributed by atoms with Gasteiger partial charge < -0.3 is 4.74 Å². The predicted molar refractivity (Wildman–Crippen MR) is 115 cm³/mol. The van der Waals surface area contributed by atoms with Crippen molar-refractivity contribution in [3.8, 4) is 11.6 Å². The van der Waals surface area contributed by atoms with Gasteiger partial charge in [-0.05, 0) is 43.2 Å². The highest BCUT2D eigenvalue weighted by Crippen LogP contribution is 2.29. The van der Waals surface area contributed by atoms with E-state index in [1.54, 1.807) is 48.5 Å². The third kappa shape index (κ3) is 4.44. The molecule has 1 saturated carbocycles. The van der Waals surface area contributed by atoms with Crippen LogP contribution >= 0.6 is 0 Å². The average Bonchev–Trinajstić information content (AvgIpc) is 2.81. The summed E-state index contributed by atoms with van der Waals surface area (Å²) in [5.41, 5.74) is 1.19. The van der Waals surface area contributed by atoms with Crippen LogP contribution in [0.2, 0.25) is 0 Å². The monoisotopic (exact) mass is 421 g/mol. The second-order valence-electron chi connectivity index (χ2n) is 7.46. The molecule has 1 fully saturated rings. The first-order valence-electron chi connectivity index (χ1n) is 10.1. The summed E-state index contributed by atoms with van der Waals surface area (Å²) in [7, 11) is -3.35. The quantitative estimate of drug-likeness (QED) is 0.511. The minimum atomic E-state index is -3.35. The smallest absolute Gasteiger partial charge is 0.219 e. The number of aromatic nitrogens is 1. The lowest BCUT2D eigenvalue weighted by atomic mass is 10.0. The Labute approximate surface area is 176 Å². The van der Waals surface area contributed by atoms with Gasteiger partial charge in [-0.15, -0.1) is 0 Å². The number of ketones is 1. The summed E-state index contributed by atoms with van der Waals surface area (Å²) in [6.07, 6.45) is 5.82. The van der Waals surface area contributed by atoms with E-state index in [0.29, 0.717) is 35.6 Å². The van der Waals surface area contributed by atoms with E-state index >= 15 is 0 Å². The summed E-state index contributed by atoms with van der Waals surface area (Å²) in [5, 5.41) is -0.311. The molecule has 2 aromatic carbocycles. The van der Waals surface area contributed by atoms with E-state index in [1.807, 2.05) is 18.2 Å². The van der Waals surface area contributed by atoms with Crippen LogP contribution in [-0.4, -0.2) is 24.4 Å². The Morgan fingerprint density at radius 3 is 2.13 bits per heavy atom. The average molecular weight is 422 g/mol. The van der Waals surface area contributed by atoms with E-state index in [2.05, 4.69) is 4.98 Å². The van der Waals surface area contributed by atoms with E-state index in [1.165, 1.54) is 6.20 Å². The van der Waals surface area contributed by atoms with Crippen molar-refractivity contribution >= 4 is 15.6 Å². The van der Waals surface area contributed by atoms with Crippen molar-refractivity contribution in [3.63, 3.8) is 0 Å². The molecule has 0 atom stereocenters. The molecule has 0 aliphatic heterocycles. The zero-order chi connectivity index (χ0) is 21.0. The van der Waals surface area contributed by atoms with Crippen LogP contribution in [0.1, 0.15) is 48.0 Å². The number of pyridine rings is 1. The van der Waals surface area contributed by atoms with Gasteiger partial charge in [-0.25, -0.2) is 13.4 Å². The lowest BCUT2D eigenvalue weighted by molar-refractivity contribution is 0.103. The van der Waals surface area contributed by atoms with Crippen molar-refractivity contribution in [2.24, 2.45) is 0 Å². The number of hydrogen-bond donors (Lipinski definition) is 0. The highest BCUT2D eigenvalue weighted by Gasteiger charge is 2.29. The Hall–Kier alpha value is -2.99. The summed E-state index contributed by atoms with van der Waals surface area (Å²) in [5.74, 6) is 0.771. The largest absolute Gasteiger partial charge is 0.439 e.